The van der Waals surface area contributed by atoms with E-state index >= 15 is 0 Å². The number of piperidine rings is 1. The van der Waals surface area contributed by atoms with Gasteiger partial charge in [-0.05, 0) is 25.7 Å². The number of ether oxygens (including phenoxy) is 1. The zero-order chi connectivity index (χ0) is 15.4. The highest BCUT2D eigenvalue weighted by atomic mass is 16.5. The molecule has 3 rings (SSSR count). The Morgan fingerprint density at radius 1 is 1.55 bits per heavy atom. The lowest BCUT2D eigenvalue weighted by Crippen LogP contribution is -2.37. The number of hydrogen-bond donors (Lipinski definition) is 0. The van der Waals surface area contributed by atoms with Crippen LogP contribution in [0.1, 0.15) is 30.3 Å². The normalized spacial score (nSPS) is 18.4. The number of carbonyl (C=O) groups excluding carboxylic acids is 1. The van der Waals surface area contributed by atoms with Crippen molar-refractivity contribution in [2.45, 2.75) is 26.3 Å². The molecule has 1 fully saturated rings. The van der Waals surface area contributed by atoms with E-state index in [4.69, 9.17) is 9.15 Å². The zero-order valence-corrected chi connectivity index (χ0v) is 12.6. The third-order valence-electron chi connectivity index (χ3n) is 3.79. The number of oxazole rings is 1. The maximum atomic E-state index is 11.6. The lowest BCUT2D eigenvalue weighted by Gasteiger charge is -2.31. The minimum atomic E-state index is -0.440. The summed E-state index contributed by atoms with van der Waals surface area (Å²) in [6.07, 6.45) is 9.22. The van der Waals surface area contributed by atoms with E-state index in [0.717, 1.165) is 26.1 Å². The number of rotatable bonds is 5. The third kappa shape index (κ3) is 3.29. The van der Waals surface area contributed by atoms with E-state index in [9.17, 15) is 4.79 Å². The van der Waals surface area contributed by atoms with Crippen molar-refractivity contribution in [1.29, 1.82) is 0 Å². The van der Waals surface area contributed by atoms with Crippen molar-refractivity contribution in [1.82, 2.24) is 14.5 Å². The van der Waals surface area contributed by atoms with E-state index in [1.807, 2.05) is 12.5 Å². The lowest BCUT2D eigenvalue weighted by molar-refractivity contribution is 0.0519. The van der Waals surface area contributed by atoms with Crippen LogP contribution >= 0.6 is 0 Å². The van der Waals surface area contributed by atoms with Crippen LogP contribution in [-0.4, -0.2) is 40.2 Å². The standard InChI is InChI=1S/C15H20N4O3/c1-2-21-14(20)13-10-22-15(17-13)19-6-3-4-12(9-19)8-18-7-5-16-11-18/h5,7,10-12H,2-4,6,8-9H2,1H3/t12-/m0/s1. The Bertz CT molecular complexity index is 608. The lowest BCUT2D eigenvalue weighted by atomic mass is 9.98. The van der Waals surface area contributed by atoms with Crippen LogP contribution in [0.2, 0.25) is 0 Å². The van der Waals surface area contributed by atoms with Gasteiger partial charge in [-0.3, -0.25) is 0 Å². The van der Waals surface area contributed by atoms with Gasteiger partial charge in [-0.15, -0.1) is 0 Å². The van der Waals surface area contributed by atoms with Crippen LogP contribution in [0.15, 0.2) is 29.4 Å². The summed E-state index contributed by atoms with van der Waals surface area (Å²) in [7, 11) is 0. The van der Waals surface area contributed by atoms with Gasteiger partial charge in [-0.2, -0.15) is 4.98 Å². The minimum Gasteiger partial charge on any atom is -0.461 e. The smallest absolute Gasteiger partial charge is 0.360 e. The number of anilines is 1. The summed E-state index contributed by atoms with van der Waals surface area (Å²) in [6, 6.07) is 0.499. The van der Waals surface area contributed by atoms with Crippen molar-refractivity contribution >= 4 is 12.0 Å². The third-order valence-corrected chi connectivity index (χ3v) is 3.79. The van der Waals surface area contributed by atoms with Crippen molar-refractivity contribution in [3.8, 4) is 0 Å². The van der Waals surface area contributed by atoms with Gasteiger partial charge in [-0.25, -0.2) is 9.78 Å². The van der Waals surface area contributed by atoms with Crippen LogP contribution in [0.25, 0.3) is 0 Å². The molecule has 0 N–H and O–H groups in total. The second-order valence-electron chi connectivity index (χ2n) is 5.45. The number of carbonyl (C=O) groups is 1. The van der Waals surface area contributed by atoms with Gasteiger partial charge in [0.2, 0.25) is 0 Å². The predicted octanol–water partition coefficient (Wildman–Crippen LogP) is 1.96. The van der Waals surface area contributed by atoms with Crippen LogP contribution < -0.4 is 4.90 Å². The van der Waals surface area contributed by atoms with Crippen molar-refractivity contribution in [3.63, 3.8) is 0 Å². The molecule has 3 heterocycles. The van der Waals surface area contributed by atoms with Crippen LogP contribution in [0.3, 0.4) is 0 Å². The highest BCUT2D eigenvalue weighted by Gasteiger charge is 2.24. The van der Waals surface area contributed by atoms with Gasteiger partial charge >= 0.3 is 5.97 Å². The summed E-state index contributed by atoms with van der Waals surface area (Å²) in [5.41, 5.74) is 0.230. The molecule has 1 aliphatic rings. The Balaban J connectivity index is 1.63. The molecular formula is C15H20N4O3. The van der Waals surface area contributed by atoms with Gasteiger partial charge in [0.05, 0.1) is 12.9 Å². The number of imidazole rings is 1. The summed E-state index contributed by atoms with van der Waals surface area (Å²) in [5, 5.41) is 0. The molecule has 1 saturated heterocycles. The molecule has 0 unspecified atom stereocenters. The largest absolute Gasteiger partial charge is 0.461 e. The maximum absolute atomic E-state index is 11.6. The van der Waals surface area contributed by atoms with E-state index in [1.165, 1.54) is 12.7 Å². The Labute approximate surface area is 128 Å². The number of nitrogens with zero attached hydrogens (tertiary/aromatic N) is 4. The topological polar surface area (TPSA) is 73.4 Å². The quantitative estimate of drug-likeness (QED) is 0.786. The Kier molecular flexibility index (Phi) is 4.41. The molecular weight excluding hydrogens is 284 g/mol. The zero-order valence-electron chi connectivity index (χ0n) is 12.6. The molecule has 0 saturated carbocycles. The van der Waals surface area contributed by atoms with E-state index in [1.54, 1.807) is 13.1 Å². The van der Waals surface area contributed by atoms with E-state index in [-0.39, 0.29) is 5.69 Å². The van der Waals surface area contributed by atoms with Gasteiger partial charge in [0.15, 0.2) is 5.69 Å². The molecule has 2 aromatic heterocycles. The first-order valence-electron chi connectivity index (χ1n) is 7.59. The average Bonchev–Trinajstić information content (AvgIpc) is 3.19. The Morgan fingerprint density at radius 3 is 3.23 bits per heavy atom. The molecule has 7 nitrogen and oxygen atoms in total. The minimum absolute atomic E-state index is 0.230. The van der Waals surface area contributed by atoms with Crippen molar-refractivity contribution in [2.75, 3.05) is 24.6 Å². The second-order valence-corrected chi connectivity index (χ2v) is 5.45. The Morgan fingerprint density at radius 2 is 2.45 bits per heavy atom. The fourth-order valence-electron chi connectivity index (χ4n) is 2.79. The molecule has 1 aliphatic heterocycles. The summed E-state index contributed by atoms with van der Waals surface area (Å²) in [4.78, 5) is 22.1. The first-order valence-corrected chi connectivity index (χ1v) is 7.59. The first kappa shape index (κ1) is 14.6. The molecule has 118 valence electrons. The maximum Gasteiger partial charge on any atom is 0.360 e. The SMILES string of the molecule is CCOC(=O)c1coc(N2CCC[C@@H](Cn3ccnc3)C2)n1. The van der Waals surface area contributed by atoms with Crippen molar-refractivity contribution < 1.29 is 13.9 Å². The Hall–Kier alpha value is -2.31. The molecule has 22 heavy (non-hydrogen) atoms. The molecule has 0 aromatic carbocycles. The van der Waals surface area contributed by atoms with Gasteiger partial charge < -0.3 is 18.6 Å². The van der Waals surface area contributed by atoms with Gasteiger partial charge in [0.25, 0.3) is 6.01 Å². The van der Waals surface area contributed by atoms with Gasteiger partial charge in [0.1, 0.15) is 6.26 Å². The van der Waals surface area contributed by atoms with Crippen LogP contribution in [0, 0.1) is 5.92 Å². The number of hydrogen-bond acceptors (Lipinski definition) is 6. The summed E-state index contributed by atoms with van der Waals surface area (Å²) in [6.45, 7) is 4.79. The molecule has 0 bridgehead atoms. The van der Waals surface area contributed by atoms with E-state index in [2.05, 4.69) is 19.4 Å². The number of aromatic nitrogens is 3. The van der Waals surface area contributed by atoms with Gasteiger partial charge in [0, 0.05) is 32.0 Å². The fourth-order valence-corrected chi connectivity index (χ4v) is 2.79. The molecule has 7 heteroatoms. The summed E-state index contributed by atoms with van der Waals surface area (Å²) < 4.78 is 12.5. The molecule has 0 aliphatic carbocycles. The van der Waals surface area contributed by atoms with Crippen LogP contribution in [-0.2, 0) is 11.3 Å². The summed E-state index contributed by atoms with van der Waals surface area (Å²) in [5.74, 6) is 0.0744. The highest BCUT2D eigenvalue weighted by Crippen LogP contribution is 2.24. The molecule has 2 aromatic rings. The van der Waals surface area contributed by atoms with Gasteiger partial charge in [-0.1, -0.05) is 0 Å². The van der Waals surface area contributed by atoms with Crippen molar-refractivity contribution in [3.05, 3.63) is 30.7 Å². The predicted molar refractivity (Wildman–Crippen MR) is 79.6 cm³/mol. The monoisotopic (exact) mass is 304 g/mol. The number of esters is 1. The van der Waals surface area contributed by atoms with Crippen LogP contribution in [0.4, 0.5) is 6.01 Å². The van der Waals surface area contributed by atoms with Crippen LogP contribution in [0.5, 0.6) is 0 Å². The molecule has 0 amide bonds. The molecule has 0 radical (unpaired) electrons. The van der Waals surface area contributed by atoms with Crippen molar-refractivity contribution in [2.24, 2.45) is 5.92 Å². The first-order chi connectivity index (χ1) is 10.8. The fraction of sp³-hybridized carbons (Fsp3) is 0.533. The summed E-state index contributed by atoms with van der Waals surface area (Å²) >= 11 is 0. The van der Waals surface area contributed by atoms with E-state index < -0.39 is 5.97 Å². The second kappa shape index (κ2) is 6.64. The average molecular weight is 304 g/mol. The van der Waals surface area contributed by atoms with E-state index in [0.29, 0.717) is 18.5 Å². The molecule has 0 spiro atoms. The highest BCUT2D eigenvalue weighted by molar-refractivity contribution is 5.87. The molecule has 1 atom stereocenters.